The van der Waals surface area contributed by atoms with E-state index in [-0.39, 0.29) is 25.8 Å². The molecule has 6 heteroatoms. The predicted molar refractivity (Wildman–Crippen MR) is 91.9 cm³/mol. The first kappa shape index (κ1) is 28.5. The molecule has 0 atom stereocenters. The Balaban J connectivity index is -0.000000786. The molecule has 0 radical (unpaired) electrons. The second kappa shape index (κ2) is 30.6. The van der Waals surface area contributed by atoms with Gasteiger partial charge < -0.3 is 28.8 Å². The molecule has 0 saturated heterocycles. The van der Waals surface area contributed by atoms with Crippen molar-refractivity contribution < 1.29 is 39.3 Å². The third kappa shape index (κ3) is 33.3. The van der Waals surface area contributed by atoms with Gasteiger partial charge in [0, 0.05) is 6.42 Å². The van der Waals surface area contributed by atoms with Crippen LogP contribution in [0.4, 0.5) is 0 Å². The quantitative estimate of drug-likeness (QED) is 0.268. The van der Waals surface area contributed by atoms with Gasteiger partial charge in [-0.25, -0.2) is 0 Å². The van der Waals surface area contributed by atoms with Crippen molar-refractivity contribution >= 4 is 5.97 Å². The van der Waals surface area contributed by atoms with Crippen LogP contribution in [0, 0.1) is 13.8 Å². The molecular weight excluding hydrogens is 355 g/mol. The third-order valence-electron chi connectivity index (χ3n) is 3.24. The Morgan fingerprint density at radius 2 is 1.17 bits per heavy atom. The van der Waals surface area contributed by atoms with Gasteiger partial charge in [0.2, 0.25) is 0 Å². The molecule has 5 nitrogen and oxygen atoms in total. The molecular formula is C18H36CoO5-2. The Morgan fingerprint density at radius 1 is 0.792 bits per heavy atom. The van der Waals surface area contributed by atoms with Crippen LogP contribution < -0.4 is 0 Å². The van der Waals surface area contributed by atoms with Crippen LogP contribution in [0.5, 0.6) is 0 Å². The van der Waals surface area contributed by atoms with E-state index in [1.54, 1.807) is 0 Å². The second-order valence-electron chi connectivity index (χ2n) is 5.31. The van der Waals surface area contributed by atoms with E-state index in [0.29, 0.717) is 6.42 Å². The molecule has 0 rings (SSSR count). The summed E-state index contributed by atoms with van der Waals surface area (Å²) in [5, 5.41) is 16.0. The molecule has 0 aromatic heterocycles. The minimum atomic E-state index is -0.181. The Kier molecular flexibility index (Phi) is 36.3. The van der Waals surface area contributed by atoms with Crippen LogP contribution >= 0.6 is 0 Å². The third-order valence-corrected chi connectivity index (χ3v) is 3.24. The molecule has 0 aliphatic carbocycles. The number of hydrogen-bond donors (Lipinski definition) is 2. The first-order chi connectivity index (χ1) is 11.7. The van der Waals surface area contributed by atoms with E-state index in [1.807, 2.05) is 0 Å². The maximum atomic E-state index is 11.1. The van der Waals surface area contributed by atoms with Crippen molar-refractivity contribution in [3.05, 3.63) is 13.8 Å². The average Bonchev–Trinajstić information content (AvgIpc) is 2.60. The summed E-state index contributed by atoms with van der Waals surface area (Å²) in [6.07, 6.45) is 14.0. The van der Waals surface area contributed by atoms with Crippen molar-refractivity contribution in [2.75, 3.05) is 19.8 Å². The van der Waals surface area contributed by atoms with E-state index in [4.69, 9.17) is 18.8 Å². The van der Waals surface area contributed by atoms with Crippen LogP contribution in [0.25, 0.3) is 0 Å². The van der Waals surface area contributed by atoms with Crippen molar-refractivity contribution in [3.63, 3.8) is 0 Å². The summed E-state index contributed by atoms with van der Waals surface area (Å²) < 4.78 is 12.7. The second-order valence-corrected chi connectivity index (χ2v) is 5.31. The molecule has 0 saturated carbocycles. The summed E-state index contributed by atoms with van der Waals surface area (Å²) in [6.45, 7) is 6.94. The fourth-order valence-electron chi connectivity index (χ4n) is 2.09. The molecule has 24 heavy (non-hydrogen) atoms. The number of unbranched alkanes of at least 4 members (excludes halogenated alkanes) is 10. The number of carbonyl (C=O) groups is 1. The topological polar surface area (TPSA) is 83.8 Å². The zero-order valence-corrected chi connectivity index (χ0v) is 16.0. The Hall–Kier alpha value is -0.304. The molecule has 0 amide bonds. The molecule has 0 bridgehead atoms. The molecule has 149 valence electrons. The van der Waals surface area contributed by atoms with Gasteiger partial charge in [0.25, 0.3) is 0 Å². The Morgan fingerprint density at radius 3 is 1.54 bits per heavy atom. The monoisotopic (exact) mass is 391 g/mol. The number of carbonyl (C=O) groups excluding carboxylic acids is 1. The summed E-state index contributed by atoms with van der Waals surface area (Å²) in [4.78, 5) is 11.1. The summed E-state index contributed by atoms with van der Waals surface area (Å²) in [7, 11) is 0. The fraction of sp³-hybridized carbons (Fsp3) is 0.833. The first-order valence-corrected chi connectivity index (χ1v) is 9.24. The predicted octanol–water partition coefficient (Wildman–Crippen LogP) is 3.73. The van der Waals surface area contributed by atoms with E-state index in [1.165, 1.54) is 51.4 Å². The van der Waals surface area contributed by atoms with Gasteiger partial charge in [0.05, 0.1) is 6.61 Å². The minimum absolute atomic E-state index is 0. The van der Waals surface area contributed by atoms with Crippen LogP contribution in [0.15, 0.2) is 0 Å². The normalized spacial score (nSPS) is 9.38. The molecule has 0 aliphatic heterocycles. The molecule has 0 aliphatic rings. The molecule has 0 unspecified atom stereocenters. The maximum absolute atomic E-state index is 11.1. The Labute approximate surface area is 156 Å². The van der Waals surface area contributed by atoms with Crippen LogP contribution in [-0.2, 0) is 29.1 Å². The van der Waals surface area contributed by atoms with E-state index in [2.05, 4.69) is 29.5 Å². The van der Waals surface area contributed by atoms with E-state index in [0.717, 1.165) is 19.3 Å². The van der Waals surface area contributed by atoms with Crippen LogP contribution in [-0.4, -0.2) is 36.0 Å². The van der Waals surface area contributed by atoms with Crippen LogP contribution in [0.1, 0.15) is 77.0 Å². The van der Waals surface area contributed by atoms with E-state index >= 15 is 0 Å². The molecule has 0 aromatic rings. The summed E-state index contributed by atoms with van der Waals surface area (Å²) in [5.41, 5.74) is 0. The van der Waals surface area contributed by atoms with Gasteiger partial charge in [0.1, 0.15) is 6.61 Å². The summed E-state index contributed by atoms with van der Waals surface area (Å²) in [6, 6.07) is 0. The zero-order chi connectivity index (χ0) is 18.9. The zero-order valence-electron chi connectivity index (χ0n) is 15.0. The van der Waals surface area contributed by atoms with Gasteiger partial charge in [-0.1, -0.05) is 64.4 Å². The Bertz CT molecular complexity index is 227. The number of aliphatic hydroxyl groups is 2. The standard InChI is InChI=1S/C16H31O3.C2H5O.Co.O/c1-2-3-4-5-6-7-8-9-10-11-12-13-16(18)19-15-14-17;1-2-3;;/h17H,1-15H2;3H,1-2H2;;/q2*-1;;. The van der Waals surface area contributed by atoms with Gasteiger partial charge in [0.15, 0.2) is 0 Å². The SMILES string of the molecule is [CH2-]CCCCCCCCCCCCC(=O)OCCO.[CH2-]CO.[O]=[Co]. The molecule has 0 spiro atoms. The van der Waals surface area contributed by atoms with Gasteiger partial charge in [-0.05, 0) is 6.42 Å². The van der Waals surface area contributed by atoms with Crippen molar-refractivity contribution in [2.45, 2.75) is 77.0 Å². The summed E-state index contributed by atoms with van der Waals surface area (Å²) >= 11 is 2.31. The molecule has 0 fully saturated rings. The molecule has 0 heterocycles. The van der Waals surface area contributed by atoms with Crippen molar-refractivity contribution in [2.24, 2.45) is 0 Å². The van der Waals surface area contributed by atoms with Crippen LogP contribution in [0.3, 0.4) is 0 Å². The van der Waals surface area contributed by atoms with Crippen molar-refractivity contribution in [1.29, 1.82) is 0 Å². The average molecular weight is 391 g/mol. The molecule has 2 N–H and O–H groups in total. The first-order valence-electron chi connectivity index (χ1n) is 8.82. The number of ether oxygens (including phenoxy) is 1. The van der Waals surface area contributed by atoms with E-state index in [9.17, 15) is 4.79 Å². The number of aliphatic hydroxyl groups excluding tert-OH is 2. The van der Waals surface area contributed by atoms with Crippen LogP contribution in [0.2, 0.25) is 0 Å². The number of rotatable bonds is 14. The van der Waals surface area contributed by atoms with Gasteiger partial charge in [-0.2, -0.15) is 6.42 Å². The van der Waals surface area contributed by atoms with E-state index < -0.39 is 0 Å². The van der Waals surface area contributed by atoms with Crippen molar-refractivity contribution in [1.82, 2.24) is 0 Å². The number of esters is 1. The van der Waals surface area contributed by atoms with Gasteiger partial charge in [-0.3, -0.25) is 4.79 Å². The van der Waals surface area contributed by atoms with Gasteiger partial charge in [-0.15, -0.1) is 0 Å². The summed E-state index contributed by atoms with van der Waals surface area (Å²) in [5.74, 6) is -0.181. The number of hydrogen-bond acceptors (Lipinski definition) is 5. The fourth-order valence-corrected chi connectivity index (χ4v) is 2.09. The van der Waals surface area contributed by atoms with Gasteiger partial charge >= 0.3 is 25.5 Å². The van der Waals surface area contributed by atoms with Crippen molar-refractivity contribution in [3.8, 4) is 0 Å². The molecule has 0 aromatic carbocycles.